The summed E-state index contributed by atoms with van der Waals surface area (Å²) < 4.78 is 22.3. The van der Waals surface area contributed by atoms with Crippen molar-refractivity contribution in [3.8, 4) is 5.75 Å². The van der Waals surface area contributed by atoms with E-state index in [1.807, 2.05) is 46.9 Å². The van der Waals surface area contributed by atoms with Crippen LogP contribution in [0.25, 0.3) is 16.7 Å². The van der Waals surface area contributed by atoms with Crippen LogP contribution in [0, 0.1) is 5.82 Å². The predicted molar refractivity (Wildman–Crippen MR) is 128 cm³/mol. The molecular formula is C24H18ClFN4O2S. The van der Waals surface area contributed by atoms with Gasteiger partial charge in [0, 0.05) is 16.3 Å². The molecule has 0 saturated heterocycles. The van der Waals surface area contributed by atoms with Crippen molar-refractivity contribution in [3.05, 3.63) is 99.1 Å². The molecule has 0 N–H and O–H groups in total. The zero-order chi connectivity index (χ0) is 22.9. The molecule has 0 unspecified atom stereocenters. The molecular weight excluding hydrogens is 463 g/mol. The number of para-hydroxylation sites is 2. The molecule has 6 nitrogen and oxygen atoms in total. The summed E-state index contributed by atoms with van der Waals surface area (Å²) in [5.74, 6) is 1.21. The monoisotopic (exact) mass is 480 g/mol. The average Bonchev–Trinajstić information content (AvgIpc) is 3.25. The molecule has 0 radical (unpaired) electrons. The van der Waals surface area contributed by atoms with Crippen molar-refractivity contribution >= 4 is 40.0 Å². The first-order valence-corrected chi connectivity index (χ1v) is 11.5. The third kappa shape index (κ3) is 3.96. The molecule has 2 heterocycles. The van der Waals surface area contributed by atoms with E-state index >= 15 is 0 Å². The number of ether oxygens (including phenoxy) is 1. The molecule has 0 bridgehead atoms. The van der Waals surface area contributed by atoms with Gasteiger partial charge in [-0.25, -0.2) is 4.39 Å². The number of methoxy groups -OCH3 is 1. The number of hydrogen-bond acceptors (Lipinski definition) is 5. The van der Waals surface area contributed by atoms with Crippen LogP contribution in [-0.4, -0.2) is 26.3 Å². The van der Waals surface area contributed by atoms with Crippen LogP contribution in [0.4, 0.5) is 4.39 Å². The smallest absolute Gasteiger partial charge is 0.263 e. The van der Waals surface area contributed by atoms with E-state index in [-0.39, 0.29) is 17.9 Å². The van der Waals surface area contributed by atoms with Gasteiger partial charge >= 0.3 is 0 Å². The average molecular weight is 481 g/mol. The predicted octanol–water partition coefficient (Wildman–Crippen LogP) is 5.19. The lowest BCUT2D eigenvalue weighted by atomic mass is 10.2. The minimum atomic E-state index is -0.381. The van der Waals surface area contributed by atoms with Crippen molar-refractivity contribution in [2.24, 2.45) is 0 Å². The molecule has 5 aromatic rings. The normalized spacial score (nSPS) is 11.4. The van der Waals surface area contributed by atoms with E-state index in [0.29, 0.717) is 38.4 Å². The molecule has 0 aliphatic carbocycles. The number of thioether (sulfide) groups is 1. The Morgan fingerprint density at radius 3 is 2.64 bits per heavy atom. The van der Waals surface area contributed by atoms with Crippen molar-refractivity contribution in [3.63, 3.8) is 0 Å². The van der Waals surface area contributed by atoms with Crippen LogP contribution in [0.3, 0.4) is 0 Å². The van der Waals surface area contributed by atoms with Crippen molar-refractivity contribution in [1.82, 2.24) is 19.2 Å². The Morgan fingerprint density at radius 2 is 1.82 bits per heavy atom. The number of rotatable bonds is 6. The Balaban J connectivity index is 1.63. The van der Waals surface area contributed by atoms with E-state index < -0.39 is 0 Å². The molecule has 3 aromatic carbocycles. The van der Waals surface area contributed by atoms with Crippen LogP contribution >= 0.6 is 23.4 Å². The molecule has 0 amide bonds. The second-order valence-corrected chi connectivity index (χ2v) is 8.71. The highest BCUT2D eigenvalue weighted by atomic mass is 35.5. The van der Waals surface area contributed by atoms with E-state index in [2.05, 4.69) is 10.2 Å². The van der Waals surface area contributed by atoms with Gasteiger partial charge in [-0.15, -0.1) is 10.2 Å². The fourth-order valence-corrected chi connectivity index (χ4v) is 5.01. The van der Waals surface area contributed by atoms with Gasteiger partial charge in [-0.2, -0.15) is 0 Å². The zero-order valence-corrected chi connectivity index (χ0v) is 19.1. The minimum Gasteiger partial charge on any atom is -0.496 e. The highest BCUT2D eigenvalue weighted by molar-refractivity contribution is 7.98. The molecule has 2 aromatic heterocycles. The molecule has 9 heteroatoms. The van der Waals surface area contributed by atoms with Crippen LogP contribution in [0.1, 0.15) is 11.1 Å². The van der Waals surface area contributed by atoms with Crippen LogP contribution < -0.4 is 10.3 Å². The summed E-state index contributed by atoms with van der Waals surface area (Å²) in [6.07, 6.45) is 0. The summed E-state index contributed by atoms with van der Waals surface area (Å²) in [5.41, 5.74) is 2.20. The largest absolute Gasteiger partial charge is 0.496 e. The summed E-state index contributed by atoms with van der Waals surface area (Å²) in [4.78, 5) is 13.4. The quantitative estimate of drug-likeness (QED) is 0.313. The first-order valence-electron chi connectivity index (χ1n) is 10.1. The van der Waals surface area contributed by atoms with Crippen molar-refractivity contribution in [2.75, 3.05) is 7.11 Å². The standard InChI is InChI=1S/C24H18ClFN4O2S/c1-32-21-9-5-2-6-15(21)13-29-22(31)18-7-3-4-8-20(18)30-23(29)27-28-24(30)33-14-16-10-11-17(26)12-19(16)25/h2-12H,13-14H2,1H3. The van der Waals surface area contributed by atoms with E-state index in [1.165, 1.54) is 23.9 Å². The van der Waals surface area contributed by atoms with Gasteiger partial charge in [-0.05, 0) is 35.9 Å². The maximum absolute atomic E-state index is 13.4. The van der Waals surface area contributed by atoms with Crippen LogP contribution in [-0.2, 0) is 12.3 Å². The fourth-order valence-electron chi connectivity index (χ4n) is 3.75. The molecule has 0 aliphatic heterocycles. The molecule has 0 atom stereocenters. The summed E-state index contributed by atoms with van der Waals surface area (Å²) >= 11 is 7.61. The minimum absolute atomic E-state index is 0.158. The first kappa shape index (κ1) is 21.5. The van der Waals surface area contributed by atoms with Gasteiger partial charge in [0.25, 0.3) is 5.56 Å². The van der Waals surface area contributed by atoms with Gasteiger partial charge in [0.2, 0.25) is 5.78 Å². The van der Waals surface area contributed by atoms with E-state index in [9.17, 15) is 9.18 Å². The molecule has 33 heavy (non-hydrogen) atoms. The molecule has 0 fully saturated rings. The summed E-state index contributed by atoms with van der Waals surface area (Å²) in [6, 6.07) is 19.3. The maximum atomic E-state index is 13.4. The third-order valence-electron chi connectivity index (χ3n) is 5.37. The highest BCUT2D eigenvalue weighted by Gasteiger charge is 2.18. The van der Waals surface area contributed by atoms with Crippen LogP contribution in [0.5, 0.6) is 5.75 Å². The number of hydrogen-bond donors (Lipinski definition) is 0. The Kier molecular flexibility index (Phi) is 5.78. The van der Waals surface area contributed by atoms with Crippen LogP contribution in [0.15, 0.2) is 76.7 Å². The lowest BCUT2D eigenvalue weighted by Gasteiger charge is -2.13. The van der Waals surface area contributed by atoms with Gasteiger partial charge in [-0.3, -0.25) is 13.8 Å². The van der Waals surface area contributed by atoms with Gasteiger partial charge in [-0.1, -0.05) is 59.8 Å². The summed E-state index contributed by atoms with van der Waals surface area (Å²) in [7, 11) is 1.60. The van der Waals surface area contributed by atoms with E-state index in [1.54, 1.807) is 23.8 Å². The summed E-state index contributed by atoms with van der Waals surface area (Å²) in [6.45, 7) is 0.282. The lowest BCUT2D eigenvalue weighted by molar-refractivity contribution is 0.408. The van der Waals surface area contributed by atoms with Gasteiger partial charge in [0.15, 0.2) is 5.16 Å². The Labute approximate surface area is 197 Å². The Morgan fingerprint density at radius 1 is 1.03 bits per heavy atom. The second kappa shape index (κ2) is 8.88. The number of aromatic nitrogens is 4. The van der Waals surface area contributed by atoms with Crippen molar-refractivity contribution < 1.29 is 9.13 Å². The molecule has 0 spiro atoms. The second-order valence-electron chi connectivity index (χ2n) is 7.36. The van der Waals surface area contributed by atoms with Gasteiger partial charge in [0.1, 0.15) is 11.6 Å². The zero-order valence-electron chi connectivity index (χ0n) is 17.5. The van der Waals surface area contributed by atoms with E-state index in [0.717, 1.165) is 11.1 Å². The topological polar surface area (TPSA) is 61.4 Å². The van der Waals surface area contributed by atoms with Crippen molar-refractivity contribution in [2.45, 2.75) is 17.5 Å². The van der Waals surface area contributed by atoms with Crippen molar-refractivity contribution in [1.29, 1.82) is 0 Å². The number of benzene rings is 3. The fraction of sp³-hybridized carbons (Fsp3) is 0.125. The number of fused-ring (bicyclic) bond motifs is 3. The molecule has 0 aliphatic rings. The SMILES string of the molecule is COc1ccccc1Cn1c(=O)c2ccccc2n2c(SCc3ccc(F)cc3Cl)nnc12. The van der Waals surface area contributed by atoms with Crippen LogP contribution in [0.2, 0.25) is 5.02 Å². The molecule has 0 saturated carbocycles. The number of halogens is 2. The highest BCUT2D eigenvalue weighted by Crippen LogP contribution is 2.28. The Bertz CT molecular complexity index is 1550. The first-order chi connectivity index (χ1) is 16.1. The molecule has 166 valence electrons. The third-order valence-corrected chi connectivity index (χ3v) is 6.70. The summed E-state index contributed by atoms with van der Waals surface area (Å²) in [5, 5.41) is 10.2. The Hall–Kier alpha value is -3.36. The van der Waals surface area contributed by atoms with Gasteiger partial charge < -0.3 is 4.74 Å². The molecule has 5 rings (SSSR count). The van der Waals surface area contributed by atoms with E-state index in [4.69, 9.17) is 16.3 Å². The lowest BCUT2D eigenvalue weighted by Crippen LogP contribution is -2.24. The maximum Gasteiger partial charge on any atom is 0.263 e. The van der Waals surface area contributed by atoms with Gasteiger partial charge in [0.05, 0.1) is 24.6 Å². The number of nitrogens with zero attached hydrogens (tertiary/aromatic N) is 4.